The van der Waals surface area contributed by atoms with Crippen LogP contribution < -0.4 is 5.73 Å². The lowest BCUT2D eigenvalue weighted by Crippen LogP contribution is -2.00. The number of rotatable bonds is 2. The van der Waals surface area contributed by atoms with E-state index in [0.717, 1.165) is 21.9 Å². The second-order valence-corrected chi connectivity index (χ2v) is 5.03. The monoisotopic (exact) mass is 278 g/mol. The number of aromatic nitrogens is 1. The highest BCUT2D eigenvalue weighted by atomic mass is 16.4. The van der Waals surface area contributed by atoms with Gasteiger partial charge in [-0.2, -0.15) is 0 Å². The first-order valence-corrected chi connectivity index (χ1v) is 6.54. The number of fused-ring (bicyclic) bond motifs is 1. The Labute approximate surface area is 121 Å². The van der Waals surface area contributed by atoms with E-state index in [1.54, 1.807) is 24.4 Å². The van der Waals surface area contributed by atoms with Crippen molar-refractivity contribution in [2.75, 3.05) is 5.73 Å². The maximum atomic E-state index is 11.4. The van der Waals surface area contributed by atoms with Gasteiger partial charge < -0.3 is 10.8 Å². The molecular weight excluding hydrogens is 264 g/mol. The number of hydrogen-bond donors (Lipinski definition) is 2. The Balaban J connectivity index is 2.23. The molecule has 0 aliphatic heterocycles. The Morgan fingerprint density at radius 1 is 1.10 bits per heavy atom. The molecule has 0 unspecified atom stereocenters. The third-order valence-corrected chi connectivity index (χ3v) is 3.46. The predicted molar refractivity (Wildman–Crippen MR) is 83.3 cm³/mol. The highest BCUT2D eigenvalue weighted by molar-refractivity contribution is 5.98. The third-order valence-electron chi connectivity index (χ3n) is 3.46. The van der Waals surface area contributed by atoms with Gasteiger partial charge in [0, 0.05) is 11.6 Å². The van der Waals surface area contributed by atoms with Crippen molar-refractivity contribution in [2.45, 2.75) is 6.92 Å². The van der Waals surface area contributed by atoms with Crippen LogP contribution in [0.15, 0.2) is 48.7 Å². The van der Waals surface area contributed by atoms with E-state index in [4.69, 9.17) is 5.73 Å². The smallest absolute Gasteiger partial charge is 0.336 e. The standard InChI is InChI=1S/C17H14N2O2/c1-10-2-5-14(17(20)21)15(6-10)12-4-3-11-8-16(18)19-9-13(11)7-12/h2-9H,1H3,(H2,18,19)(H,20,21). The topological polar surface area (TPSA) is 76.2 Å². The number of carbonyl (C=O) groups is 1. The number of nitrogens with zero attached hydrogens (tertiary/aromatic N) is 1. The van der Waals surface area contributed by atoms with Crippen LogP contribution in [0.4, 0.5) is 5.82 Å². The predicted octanol–water partition coefficient (Wildman–Crippen LogP) is 3.49. The number of nitrogen functional groups attached to an aromatic ring is 1. The van der Waals surface area contributed by atoms with Crippen LogP contribution in [0.1, 0.15) is 15.9 Å². The Morgan fingerprint density at radius 3 is 2.67 bits per heavy atom. The SMILES string of the molecule is Cc1ccc(C(=O)O)c(-c2ccc3cc(N)ncc3c2)c1. The van der Waals surface area contributed by atoms with Crippen molar-refractivity contribution in [2.24, 2.45) is 0 Å². The lowest BCUT2D eigenvalue weighted by atomic mass is 9.96. The van der Waals surface area contributed by atoms with E-state index in [1.165, 1.54) is 0 Å². The Bertz CT molecular complexity index is 857. The van der Waals surface area contributed by atoms with Crippen LogP contribution in [0.3, 0.4) is 0 Å². The average Bonchev–Trinajstić information content (AvgIpc) is 2.46. The van der Waals surface area contributed by atoms with Crippen molar-refractivity contribution < 1.29 is 9.90 Å². The molecule has 0 saturated heterocycles. The van der Waals surface area contributed by atoms with E-state index >= 15 is 0 Å². The van der Waals surface area contributed by atoms with Crippen molar-refractivity contribution in [3.63, 3.8) is 0 Å². The molecule has 4 heteroatoms. The summed E-state index contributed by atoms with van der Waals surface area (Å²) in [6.07, 6.45) is 1.70. The van der Waals surface area contributed by atoms with Gasteiger partial charge >= 0.3 is 5.97 Å². The van der Waals surface area contributed by atoms with E-state index in [9.17, 15) is 9.90 Å². The van der Waals surface area contributed by atoms with Crippen molar-refractivity contribution >= 4 is 22.6 Å². The number of pyridine rings is 1. The molecular formula is C17H14N2O2. The van der Waals surface area contributed by atoms with E-state index in [-0.39, 0.29) is 0 Å². The van der Waals surface area contributed by atoms with Crippen LogP contribution in [-0.2, 0) is 0 Å². The highest BCUT2D eigenvalue weighted by Gasteiger charge is 2.12. The maximum Gasteiger partial charge on any atom is 0.336 e. The molecule has 1 heterocycles. The summed E-state index contributed by atoms with van der Waals surface area (Å²) < 4.78 is 0. The Hall–Kier alpha value is -2.88. The van der Waals surface area contributed by atoms with Gasteiger partial charge in [0.15, 0.2) is 0 Å². The van der Waals surface area contributed by atoms with Crippen molar-refractivity contribution in [1.82, 2.24) is 4.98 Å². The quantitative estimate of drug-likeness (QED) is 0.752. The molecule has 4 nitrogen and oxygen atoms in total. The summed E-state index contributed by atoms with van der Waals surface area (Å²) in [7, 11) is 0. The minimum Gasteiger partial charge on any atom is -0.478 e. The van der Waals surface area contributed by atoms with Crippen LogP contribution in [-0.4, -0.2) is 16.1 Å². The number of benzene rings is 2. The summed E-state index contributed by atoms with van der Waals surface area (Å²) in [4.78, 5) is 15.5. The van der Waals surface area contributed by atoms with Gasteiger partial charge in [0.05, 0.1) is 5.56 Å². The van der Waals surface area contributed by atoms with E-state index in [2.05, 4.69) is 4.98 Å². The molecule has 3 rings (SSSR count). The summed E-state index contributed by atoms with van der Waals surface area (Å²) in [6.45, 7) is 1.94. The molecule has 3 N–H and O–H groups in total. The molecule has 0 atom stereocenters. The third kappa shape index (κ3) is 2.43. The number of anilines is 1. The van der Waals surface area contributed by atoms with E-state index < -0.39 is 5.97 Å². The van der Waals surface area contributed by atoms with E-state index in [0.29, 0.717) is 16.9 Å². The largest absolute Gasteiger partial charge is 0.478 e. The fraction of sp³-hybridized carbons (Fsp3) is 0.0588. The lowest BCUT2D eigenvalue weighted by molar-refractivity contribution is 0.0697. The minimum absolute atomic E-state index is 0.295. The van der Waals surface area contributed by atoms with Crippen molar-refractivity contribution in [1.29, 1.82) is 0 Å². The van der Waals surface area contributed by atoms with Crippen LogP contribution in [0.2, 0.25) is 0 Å². The molecule has 0 fully saturated rings. The fourth-order valence-corrected chi connectivity index (χ4v) is 2.41. The van der Waals surface area contributed by atoms with Crippen LogP contribution in [0.5, 0.6) is 0 Å². The molecule has 0 amide bonds. The summed E-state index contributed by atoms with van der Waals surface area (Å²) in [6, 6.07) is 12.9. The summed E-state index contributed by atoms with van der Waals surface area (Å²) in [5.41, 5.74) is 8.55. The molecule has 2 aromatic carbocycles. The first-order valence-electron chi connectivity index (χ1n) is 6.54. The van der Waals surface area contributed by atoms with Gasteiger partial charge in [0.2, 0.25) is 0 Å². The molecule has 104 valence electrons. The molecule has 1 aromatic heterocycles. The number of carboxylic acids is 1. The highest BCUT2D eigenvalue weighted by Crippen LogP contribution is 2.28. The molecule has 3 aromatic rings. The number of carboxylic acid groups (broad SMARTS) is 1. The number of aryl methyl sites for hydroxylation is 1. The number of hydrogen-bond acceptors (Lipinski definition) is 3. The van der Waals surface area contributed by atoms with E-state index in [1.807, 2.05) is 31.2 Å². The molecule has 0 aliphatic rings. The summed E-state index contributed by atoms with van der Waals surface area (Å²) in [5, 5.41) is 11.3. The van der Waals surface area contributed by atoms with Crippen molar-refractivity contribution in [3.05, 3.63) is 59.8 Å². The Kier molecular flexibility index (Phi) is 3.06. The van der Waals surface area contributed by atoms with Gasteiger partial charge in [-0.1, -0.05) is 29.8 Å². The molecule has 0 radical (unpaired) electrons. The number of nitrogens with two attached hydrogens (primary N) is 1. The zero-order valence-corrected chi connectivity index (χ0v) is 11.5. The normalized spacial score (nSPS) is 10.7. The van der Waals surface area contributed by atoms with Crippen LogP contribution >= 0.6 is 0 Å². The lowest BCUT2D eigenvalue weighted by Gasteiger charge is -2.09. The maximum absolute atomic E-state index is 11.4. The summed E-state index contributed by atoms with van der Waals surface area (Å²) in [5.74, 6) is -0.461. The van der Waals surface area contributed by atoms with Gasteiger partial charge in [0.1, 0.15) is 5.82 Å². The van der Waals surface area contributed by atoms with Gasteiger partial charge in [-0.15, -0.1) is 0 Å². The van der Waals surface area contributed by atoms with Crippen LogP contribution in [0.25, 0.3) is 21.9 Å². The minimum atomic E-state index is -0.930. The molecule has 21 heavy (non-hydrogen) atoms. The molecule has 0 saturated carbocycles. The molecule has 0 spiro atoms. The van der Waals surface area contributed by atoms with Gasteiger partial charge in [-0.3, -0.25) is 0 Å². The van der Waals surface area contributed by atoms with Crippen molar-refractivity contribution in [3.8, 4) is 11.1 Å². The molecule has 0 bridgehead atoms. The van der Waals surface area contributed by atoms with Crippen LogP contribution in [0, 0.1) is 6.92 Å². The average molecular weight is 278 g/mol. The zero-order valence-electron chi connectivity index (χ0n) is 11.5. The molecule has 0 aliphatic carbocycles. The first-order chi connectivity index (χ1) is 10.0. The van der Waals surface area contributed by atoms with Gasteiger partial charge in [-0.25, -0.2) is 9.78 Å². The zero-order chi connectivity index (χ0) is 15.0. The second kappa shape index (κ2) is 4.90. The number of aromatic carboxylic acids is 1. The fourth-order valence-electron chi connectivity index (χ4n) is 2.41. The van der Waals surface area contributed by atoms with Gasteiger partial charge in [-0.05, 0) is 41.6 Å². The van der Waals surface area contributed by atoms with Gasteiger partial charge in [0.25, 0.3) is 0 Å². The first kappa shape index (κ1) is 13.1. The summed E-state index contributed by atoms with van der Waals surface area (Å²) >= 11 is 0. The second-order valence-electron chi connectivity index (χ2n) is 5.03. The Morgan fingerprint density at radius 2 is 1.90 bits per heavy atom.